The molecule has 0 aromatic carbocycles. The second kappa shape index (κ2) is 77.4. The van der Waals surface area contributed by atoms with Gasteiger partial charge in [-0.25, -0.2) is 22.4 Å². The van der Waals surface area contributed by atoms with Crippen LogP contribution in [0.3, 0.4) is 0 Å². The van der Waals surface area contributed by atoms with Crippen LogP contribution in [-0.4, -0.2) is 183 Å². The third-order valence-corrected chi connectivity index (χ3v) is 16.1. The number of hydrogen-bond acceptors (Lipinski definition) is 24. The Morgan fingerprint density at radius 3 is 1.36 bits per heavy atom. The molecule has 0 spiro atoms. The fourth-order valence-corrected chi connectivity index (χ4v) is 7.92. The first-order chi connectivity index (χ1) is 45.4. The van der Waals surface area contributed by atoms with E-state index in [2.05, 4.69) is 166 Å². The van der Waals surface area contributed by atoms with Gasteiger partial charge in [-0.2, -0.15) is 11.3 Å². The van der Waals surface area contributed by atoms with Crippen molar-refractivity contribution in [2.45, 2.75) is 169 Å². The number of aromatic nitrogens is 6. The number of aliphatic hydroxyl groups is 2. The van der Waals surface area contributed by atoms with Crippen LogP contribution < -0.4 is 66.9 Å². The molecule has 6 aromatic heterocycles. The van der Waals surface area contributed by atoms with Crippen molar-refractivity contribution in [1.82, 2.24) is 40.7 Å². The normalized spacial score (nSPS) is 12.0. The monoisotopic (exact) mass is 2040 g/mol. The van der Waals surface area contributed by atoms with Crippen molar-refractivity contribution < 1.29 is 132 Å². The van der Waals surface area contributed by atoms with Gasteiger partial charge in [0, 0.05) is 79.6 Å². The van der Waals surface area contributed by atoms with E-state index in [1.165, 1.54) is 39.1 Å². The van der Waals surface area contributed by atoms with Crippen molar-refractivity contribution >= 4 is 219 Å². The summed E-state index contributed by atoms with van der Waals surface area (Å²) in [6, 6.07) is 9.67. The number of ether oxygens (including phenoxy) is 2. The smallest absolute Gasteiger partial charge is 1.00 e. The minimum Gasteiger partial charge on any atom is -1.00 e. The first kappa shape index (κ1) is 125. The number of carbonyl (C=O) groups is 3. The van der Waals surface area contributed by atoms with Gasteiger partial charge < -0.3 is 77.9 Å². The Balaban J connectivity index is -0.0000000813. The van der Waals surface area contributed by atoms with E-state index in [0.717, 1.165) is 51.1 Å². The van der Waals surface area contributed by atoms with Crippen LogP contribution in [0.1, 0.15) is 196 Å². The van der Waals surface area contributed by atoms with Crippen molar-refractivity contribution in [3.63, 3.8) is 0 Å². The summed E-state index contributed by atoms with van der Waals surface area (Å²) in [4.78, 5) is 36.4. The molecule has 28 nitrogen and oxygen atoms in total. The Labute approximate surface area is 728 Å². The van der Waals surface area contributed by atoms with Gasteiger partial charge in [0.25, 0.3) is 0 Å². The van der Waals surface area contributed by atoms with E-state index >= 15 is 0 Å². The van der Waals surface area contributed by atoms with Crippen LogP contribution in [0.4, 0.5) is 4.39 Å². The van der Waals surface area contributed by atoms with E-state index < -0.39 is 40.1 Å². The topological polar surface area (TPSA) is 406 Å². The van der Waals surface area contributed by atoms with Gasteiger partial charge in [-0.15, -0.1) is 35.6 Å². The number of nitrogens with zero attached hydrogens (tertiary/aromatic N) is 8. The van der Waals surface area contributed by atoms with Crippen LogP contribution in [-0.2, 0) is 47.3 Å². The van der Waals surface area contributed by atoms with E-state index in [0.29, 0.717) is 63.5 Å². The number of ketones is 1. The second-order valence-electron chi connectivity index (χ2n) is 19.6. The largest absolute Gasteiger partial charge is 2.00 e. The van der Waals surface area contributed by atoms with Crippen molar-refractivity contribution in [3.05, 3.63) is 99.7 Å². The van der Waals surface area contributed by atoms with Crippen molar-refractivity contribution in [3.8, 4) is 5.95 Å². The molecule has 0 saturated carbocycles. The number of halogens is 11. The van der Waals surface area contributed by atoms with Crippen molar-refractivity contribution in [2.75, 3.05) is 54.1 Å². The number of aliphatic hydroxyl groups excluding tert-OH is 2. The fraction of sp³-hybridized carbons (Fsp3) is 0.596. The number of amides is 1. The molecule has 6 aromatic rings. The predicted octanol–water partition coefficient (Wildman–Crippen LogP) is 9.64. The van der Waals surface area contributed by atoms with Gasteiger partial charge in [0.2, 0.25) is 17.3 Å². The van der Waals surface area contributed by atoms with Gasteiger partial charge in [0.05, 0.1) is 81.0 Å². The van der Waals surface area contributed by atoms with E-state index in [-0.39, 0.29) is 161 Å². The van der Waals surface area contributed by atoms with E-state index in [1.54, 1.807) is 38.1 Å². The standard InChI is InChI=1S/C10H17BrN2O2S.C10H15BrN2O2S.C6H7BrN2O3.C6H9BrN2O.C6H6BrNO2.C4H2BrNO3.C4H11NOS.C4H8O.C2H5.CH2Cl2.CH3F.2CH4O.CH4.B.BrH.ClH.Mg.Na.H/c2*1-5-7(8-6-9(11)12-15-8)13-16(14)10(2,3)4;1-9(11-2)6(10)4-3-5(7)8-12-4;1-2-4(8)5-3-6(7)9-10-5;1-2-4(9)5-3-6(7)8-10-5;5-3-1-4(8-2-7)9-6-3;1-4(2,3)7(5)6;1-2-4-5-3-1;1-2;2-1-3;3*1-2;;;;;;;/h6-7,13H,5H2,1-4H3;6H,5H2,1-4H3;3H,1-2H3;3-4H,2,8H2,1H3;3H,2H2,1H3;1-2H;5H2,1-3H3;1-4H2;1H2,2H3;1H2;1H3;2*2H,1H3;1H4;;2*1H;;;/q;;;;;;;;-1;;;;;;;;;+2;+1;-1/p-1/t7-,16+;16-;;4-;;;7-;;;;;;;;;;;;;/m01.0..1............./s1/i;;;;;;;;;;1D;;;;;;;;;. The van der Waals surface area contributed by atoms with Gasteiger partial charge in [0.1, 0.15) is 34.0 Å². The Kier molecular flexibility index (Phi) is 95.2. The van der Waals surface area contributed by atoms with Crippen LogP contribution in [0.25, 0.3) is 0 Å². The van der Waals surface area contributed by atoms with E-state index in [9.17, 15) is 31.4 Å². The summed E-state index contributed by atoms with van der Waals surface area (Å²) in [6.07, 6.45) is 5.32. The van der Waals surface area contributed by atoms with Crippen LogP contribution in [0, 0.1) is 6.92 Å². The van der Waals surface area contributed by atoms with Gasteiger partial charge >= 0.3 is 70.9 Å². The zero-order valence-electron chi connectivity index (χ0n) is 61.9. The summed E-state index contributed by atoms with van der Waals surface area (Å²) in [7, 11) is 0.309. The number of Topliss-reactive ketones (excluding diaryl/α,β-unsaturated/α-hetero) is 1. The fourth-order valence-electron chi connectivity index (χ4n) is 4.64. The maximum atomic E-state index is 11.9. The zero-order valence-corrected chi connectivity index (χ0v) is 79.2. The molecule has 1 aliphatic heterocycles. The Morgan fingerprint density at radius 1 is 0.735 bits per heavy atom. The molecule has 3 radical (unpaired) electrons. The molecule has 102 heavy (non-hydrogen) atoms. The predicted molar refractivity (Wildman–Crippen MR) is 421 cm³/mol. The maximum absolute atomic E-state index is 11.9. The van der Waals surface area contributed by atoms with Crippen LogP contribution >= 0.6 is 131 Å². The first-order valence-corrected chi connectivity index (χ1v) is 37.1. The SMILES string of the molecule is C.C1CCOC1.CC(C)(C)[S@](N)=O.CCC(=N[S@](=O)C(C)(C)C)c1cc(Br)no1.CCC(=O)c1cc(Br)no1.CC[C@H](N)c1cc(Br)no1.CC[C@H](N[S@](=O)C(C)(C)C)c1cc(Br)no1.CO.CO.CON(C)C(=O)c1cc(Br)no1.Cl.ClCCl.O=COc1cc(Br)no1.[2H]CF.[B].[Br-].[CH2-]C.[H-].[Mg+2].[Na+]. The number of alkyl halides is 3. The van der Waals surface area contributed by atoms with Crippen LogP contribution in [0.2, 0.25) is 0 Å². The van der Waals surface area contributed by atoms with Gasteiger partial charge in [-0.1, -0.05) is 66.1 Å². The third-order valence-electron chi connectivity index (χ3n) is 9.56. The number of carbonyl (C=O) groups excluding carboxylic acids is 3. The zero-order chi connectivity index (χ0) is 76.7. The van der Waals surface area contributed by atoms with Crippen molar-refractivity contribution in [1.29, 1.82) is 0 Å². The minimum absolute atomic E-state index is 0. The van der Waals surface area contributed by atoms with E-state index in [1.807, 2.05) is 83.1 Å². The van der Waals surface area contributed by atoms with Gasteiger partial charge in [-0.3, -0.25) is 28.8 Å². The Hall–Kier alpha value is -0.299. The molecule has 45 heteroatoms. The minimum atomic E-state index is -1.27. The summed E-state index contributed by atoms with van der Waals surface area (Å²) < 4.78 is 97.6. The summed E-state index contributed by atoms with van der Waals surface area (Å²) in [5, 5.41) is 41.8. The molecule has 0 unspecified atom stereocenters. The van der Waals surface area contributed by atoms with Crippen LogP contribution in [0.5, 0.6) is 5.95 Å². The van der Waals surface area contributed by atoms with Gasteiger partial charge in [0.15, 0.2) is 21.9 Å². The molecule has 1 saturated heterocycles. The molecule has 0 aliphatic carbocycles. The van der Waals surface area contributed by atoms with Crippen LogP contribution in [0.15, 0.2) is 95.6 Å². The molecule has 1 aliphatic rings. The first-order valence-electron chi connectivity index (χ1n) is 28.6. The average molecular weight is 2050 g/mol. The summed E-state index contributed by atoms with van der Waals surface area (Å²) in [5.74, 6) is 2.11. The number of rotatable bonds is 15. The Morgan fingerprint density at radius 2 is 1.10 bits per heavy atom. The molecule has 7 N–H and O–H groups in total. The number of nitrogens with two attached hydrogens (primary N) is 2. The molecule has 1 amide bonds. The molecule has 5 atom stereocenters. The summed E-state index contributed by atoms with van der Waals surface area (Å²) in [5.41, 5.74) is 6.33. The number of hydroxylamine groups is 2. The molecule has 0 bridgehead atoms. The Bertz CT molecular complexity index is 3070. The average Bonchev–Trinajstić information content (AvgIpc) is 1.75. The summed E-state index contributed by atoms with van der Waals surface area (Å²) >= 11 is 28.3. The summed E-state index contributed by atoms with van der Waals surface area (Å²) in [6.45, 7) is 31.9. The quantitative estimate of drug-likeness (QED) is 0.0121. The molecular weight excluding hydrogens is 1950 g/mol. The van der Waals surface area contributed by atoms with Gasteiger partial charge in [-0.05, 0) is 190 Å². The molecule has 7 rings (SSSR count). The third kappa shape index (κ3) is 65.6. The number of hydrogen-bond donors (Lipinski definition) is 5. The van der Waals surface area contributed by atoms with E-state index in [4.69, 9.17) is 64.0 Å². The molecule has 585 valence electrons. The van der Waals surface area contributed by atoms with Crippen molar-refractivity contribution in [2.24, 2.45) is 15.3 Å². The second-order valence-corrected chi connectivity index (χ2v) is 31.1. The maximum Gasteiger partial charge on any atom is 2.00 e. The number of nitrogens with one attached hydrogen (secondary N) is 1. The molecule has 1 fully saturated rings. The molecule has 7 heterocycles. The molecular formula is C57H99BBr7Cl3FMgN11NaO17S3.